The molecule has 1 aliphatic rings. The summed E-state index contributed by atoms with van der Waals surface area (Å²) in [6.45, 7) is 6.61. The Morgan fingerprint density at radius 1 is 1.36 bits per heavy atom. The summed E-state index contributed by atoms with van der Waals surface area (Å²) >= 11 is 1.32. The van der Waals surface area contributed by atoms with E-state index in [2.05, 4.69) is 20.8 Å². The Hall–Kier alpha value is -2.52. The predicted molar refractivity (Wildman–Crippen MR) is 108 cm³/mol. The highest BCUT2D eigenvalue weighted by Gasteiger charge is 2.30. The monoisotopic (exact) mass is 403 g/mol. The van der Waals surface area contributed by atoms with E-state index in [9.17, 15) is 9.59 Å². The summed E-state index contributed by atoms with van der Waals surface area (Å²) in [5, 5.41) is 14.9. The maximum absolute atomic E-state index is 12.3. The van der Waals surface area contributed by atoms with Crippen LogP contribution in [0.4, 0.5) is 5.13 Å². The zero-order valence-corrected chi connectivity index (χ0v) is 16.9. The van der Waals surface area contributed by atoms with Gasteiger partial charge >= 0.3 is 0 Å². The number of hydrogen-bond acceptors (Lipinski definition) is 7. The first-order chi connectivity index (χ1) is 13.5. The zero-order chi connectivity index (χ0) is 19.9. The second kappa shape index (κ2) is 9.61. The molecule has 1 aromatic carbocycles. The largest absolute Gasteiger partial charge is 0.493 e. The van der Waals surface area contributed by atoms with Crippen molar-refractivity contribution < 1.29 is 14.3 Å². The van der Waals surface area contributed by atoms with Gasteiger partial charge < -0.3 is 15.4 Å². The molecule has 2 N–H and O–H groups in total. The molecular weight excluding hydrogens is 378 g/mol. The Kier molecular flexibility index (Phi) is 6.94. The number of amides is 2. The quantitative estimate of drug-likeness (QED) is 0.695. The van der Waals surface area contributed by atoms with Crippen LogP contribution in [0.5, 0.6) is 5.75 Å². The first-order valence-corrected chi connectivity index (χ1v) is 10.2. The molecule has 0 bridgehead atoms. The average Bonchev–Trinajstić information content (AvgIpc) is 3.12. The Labute approximate surface area is 168 Å². The molecule has 2 amide bonds. The molecule has 0 radical (unpaired) electrons. The van der Waals surface area contributed by atoms with Gasteiger partial charge in [0.1, 0.15) is 10.8 Å². The van der Waals surface area contributed by atoms with E-state index >= 15 is 0 Å². The van der Waals surface area contributed by atoms with Gasteiger partial charge in [-0.2, -0.15) is 0 Å². The van der Waals surface area contributed by atoms with Crippen molar-refractivity contribution in [3.63, 3.8) is 0 Å². The molecule has 1 atom stereocenters. The summed E-state index contributed by atoms with van der Waals surface area (Å²) in [7, 11) is 0. The summed E-state index contributed by atoms with van der Waals surface area (Å²) in [5.41, 5.74) is 1.18. The van der Waals surface area contributed by atoms with Crippen LogP contribution in [0.1, 0.15) is 23.9 Å². The number of hydrogen-bond donors (Lipinski definition) is 2. The van der Waals surface area contributed by atoms with Gasteiger partial charge in [-0.25, -0.2) is 0 Å². The first-order valence-electron chi connectivity index (χ1n) is 9.38. The minimum Gasteiger partial charge on any atom is -0.493 e. The van der Waals surface area contributed by atoms with E-state index in [1.165, 1.54) is 16.9 Å². The van der Waals surface area contributed by atoms with Crippen LogP contribution in [0, 0.1) is 6.92 Å². The fraction of sp³-hybridized carbons (Fsp3) is 0.474. The lowest BCUT2D eigenvalue weighted by atomic mass is 10.1. The summed E-state index contributed by atoms with van der Waals surface area (Å²) in [6, 6.07) is 7.43. The van der Waals surface area contributed by atoms with Gasteiger partial charge in [0.15, 0.2) is 0 Å². The van der Waals surface area contributed by atoms with Crippen molar-refractivity contribution in [1.29, 1.82) is 0 Å². The smallest absolute Gasteiger partial charge is 0.237 e. The van der Waals surface area contributed by atoms with E-state index < -0.39 is 6.04 Å². The van der Waals surface area contributed by atoms with Crippen molar-refractivity contribution in [2.75, 3.05) is 31.6 Å². The molecule has 8 nitrogen and oxygen atoms in total. The lowest BCUT2D eigenvalue weighted by Crippen LogP contribution is -2.56. The molecule has 1 saturated heterocycles. The van der Waals surface area contributed by atoms with Crippen molar-refractivity contribution in [2.24, 2.45) is 0 Å². The molecule has 1 aromatic heterocycles. The van der Waals surface area contributed by atoms with Crippen molar-refractivity contribution in [1.82, 2.24) is 20.4 Å². The lowest BCUT2D eigenvalue weighted by molar-refractivity contribution is -0.132. The van der Waals surface area contributed by atoms with Gasteiger partial charge in [-0.3, -0.25) is 14.5 Å². The zero-order valence-electron chi connectivity index (χ0n) is 16.1. The molecule has 0 saturated carbocycles. The van der Waals surface area contributed by atoms with Gasteiger partial charge in [0.05, 0.1) is 19.1 Å². The number of piperazine rings is 1. The molecule has 1 fully saturated rings. The molecule has 3 rings (SSSR count). The predicted octanol–water partition coefficient (Wildman–Crippen LogP) is 1.62. The molecule has 1 aliphatic heterocycles. The average molecular weight is 404 g/mol. The van der Waals surface area contributed by atoms with E-state index in [1.807, 2.05) is 43.0 Å². The Morgan fingerprint density at radius 2 is 2.14 bits per heavy atom. The van der Waals surface area contributed by atoms with Gasteiger partial charge in [0, 0.05) is 19.5 Å². The van der Waals surface area contributed by atoms with Crippen molar-refractivity contribution >= 4 is 28.3 Å². The molecular formula is C19H25N5O3S. The number of benzene rings is 1. The maximum Gasteiger partial charge on any atom is 0.237 e. The Balaban J connectivity index is 1.46. The number of ether oxygens (including phenoxy) is 1. The summed E-state index contributed by atoms with van der Waals surface area (Å²) in [6.07, 6.45) is 0.710. The summed E-state index contributed by atoms with van der Waals surface area (Å²) in [4.78, 5) is 26.4. The van der Waals surface area contributed by atoms with Gasteiger partial charge in [0.25, 0.3) is 0 Å². The number of carbonyl (C=O) groups excluding carboxylic acids is 2. The third kappa shape index (κ3) is 5.49. The van der Waals surface area contributed by atoms with Gasteiger partial charge in [-0.1, -0.05) is 36.0 Å². The highest BCUT2D eigenvalue weighted by atomic mass is 32.1. The molecule has 2 heterocycles. The lowest BCUT2D eigenvalue weighted by Gasteiger charge is -2.33. The number of anilines is 1. The highest BCUT2D eigenvalue weighted by Crippen LogP contribution is 2.18. The molecule has 9 heteroatoms. The van der Waals surface area contributed by atoms with E-state index in [0.717, 1.165) is 23.8 Å². The molecule has 150 valence electrons. The number of likely N-dealkylation sites (N-methyl/N-ethyl adjacent to an activating group) is 1. The second-order valence-electron chi connectivity index (χ2n) is 6.60. The normalized spacial score (nSPS) is 17.2. The van der Waals surface area contributed by atoms with Crippen molar-refractivity contribution in [2.45, 2.75) is 32.7 Å². The fourth-order valence-corrected chi connectivity index (χ4v) is 3.74. The minimum absolute atomic E-state index is 0.102. The van der Waals surface area contributed by atoms with Crippen LogP contribution in [0.2, 0.25) is 0 Å². The number of nitrogens with zero attached hydrogens (tertiary/aromatic N) is 3. The molecule has 1 unspecified atom stereocenters. The van der Waals surface area contributed by atoms with Crippen LogP contribution in [0.3, 0.4) is 0 Å². The third-order valence-corrected chi connectivity index (χ3v) is 5.44. The van der Waals surface area contributed by atoms with E-state index in [0.29, 0.717) is 24.7 Å². The number of nitrogens with one attached hydrogen (secondary N) is 2. The number of rotatable bonds is 8. The van der Waals surface area contributed by atoms with Crippen LogP contribution in [0.25, 0.3) is 0 Å². The Morgan fingerprint density at radius 3 is 2.89 bits per heavy atom. The van der Waals surface area contributed by atoms with E-state index in [4.69, 9.17) is 4.74 Å². The second-order valence-corrected chi connectivity index (χ2v) is 7.66. The Bertz CT molecular complexity index is 808. The number of carbonyl (C=O) groups is 2. The number of aryl methyl sites for hydroxylation is 1. The fourth-order valence-electron chi connectivity index (χ4n) is 3.00. The molecule has 2 aromatic rings. The van der Waals surface area contributed by atoms with Gasteiger partial charge in [-0.15, -0.1) is 10.2 Å². The van der Waals surface area contributed by atoms with Crippen molar-refractivity contribution in [3.8, 4) is 5.75 Å². The molecule has 0 aliphatic carbocycles. The maximum atomic E-state index is 12.3. The van der Waals surface area contributed by atoms with Gasteiger partial charge in [-0.05, 0) is 25.6 Å². The SMILES string of the molecule is CCN1CCNC(=O)C1CC(=O)Nc1nnc(CCOc2ccc(C)cc2)s1. The van der Waals surface area contributed by atoms with Crippen LogP contribution < -0.4 is 15.4 Å². The topological polar surface area (TPSA) is 96.5 Å². The van der Waals surface area contributed by atoms with Crippen molar-refractivity contribution in [3.05, 3.63) is 34.8 Å². The van der Waals surface area contributed by atoms with Crippen LogP contribution in [-0.4, -0.2) is 59.2 Å². The van der Waals surface area contributed by atoms with E-state index in [1.54, 1.807) is 0 Å². The summed E-state index contributed by atoms with van der Waals surface area (Å²) in [5.74, 6) is 0.475. The molecule has 0 spiro atoms. The van der Waals surface area contributed by atoms with Crippen LogP contribution in [-0.2, 0) is 16.0 Å². The number of aromatic nitrogens is 2. The van der Waals surface area contributed by atoms with Crippen LogP contribution >= 0.6 is 11.3 Å². The van der Waals surface area contributed by atoms with Crippen LogP contribution in [0.15, 0.2) is 24.3 Å². The summed E-state index contributed by atoms with van der Waals surface area (Å²) < 4.78 is 5.69. The standard InChI is InChI=1S/C19H25N5O3S/c1-3-24-10-9-20-18(26)15(24)12-16(25)21-19-23-22-17(28-19)8-11-27-14-6-4-13(2)5-7-14/h4-7,15H,3,8-12H2,1-2H3,(H,20,26)(H,21,23,25). The van der Waals surface area contributed by atoms with Gasteiger partial charge in [0.2, 0.25) is 16.9 Å². The molecule has 28 heavy (non-hydrogen) atoms. The third-order valence-electron chi connectivity index (χ3n) is 4.55. The first kappa shape index (κ1) is 20.2. The highest BCUT2D eigenvalue weighted by molar-refractivity contribution is 7.15. The van der Waals surface area contributed by atoms with E-state index in [-0.39, 0.29) is 18.2 Å². The minimum atomic E-state index is -0.436.